The standard InChI is InChI=1S/C26H26N4O3S/c1-17-10-8-9-13-21(17)27-25(31)18(2)34-26-29-28-24(30(26)20-11-6-5-7-12-20)19-14-15-22(32-3)23(16-19)33-4/h5-16,18H,1-4H3,(H,27,31)/t18-/m1/s1. The van der Waals surface area contributed by atoms with Gasteiger partial charge in [0.25, 0.3) is 0 Å². The minimum absolute atomic E-state index is 0.102. The molecule has 0 saturated heterocycles. The van der Waals surface area contributed by atoms with E-state index in [-0.39, 0.29) is 5.91 Å². The number of aryl methyl sites for hydroxylation is 1. The predicted octanol–water partition coefficient (Wildman–Crippen LogP) is 5.38. The number of anilines is 1. The van der Waals surface area contributed by atoms with Crippen LogP contribution < -0.4 is 14.8 Å². The van der Waals surface area contributed by atoms with Crippen LogP contribution in [0.25, 0.3) is 17.1 Å². The number of hydrogen-bond donors (Lipinski definition) is 1. The van der Waals surface area contributed by atoms with Crippen molar-refractivity contribution in [1.29, 1.82) is 0 Å². The molecule has 1 heterocycles. The summed E-state index contributed by atoms with van der Waals surface area (Å²) in [6.45, 7) is 3.83. The van der Waals surface area contributed by atoms with E-state index in [1.54, 1.807) is 14.2 Å². The molecule has 1 amide bonds. The molecule has 0 fully saturated rings. The van der Waals surface area contributed by atoms with Gasteiger partial charge < -0.3 is 14.8 Å². The maximum Gasteiger partial charge on any atom is 0.237 e. The second kappa shape index (κ2) is 10.4. The van der Waals surface area contributed by atoms with E-state index in [0.29, 0.717) is 22.5 Å². The fraction of sp³-hybridized carbons (Fsp3) is 0.192. The van der Waals surface area contributed by atoms with Crippen molar-refractivity contribution in [3.05, 3.63) is 78.4 Å². The third-order valence-corrected chi connectivity index (χ3v) is 6.39. The number of thioether (sulfide) groups is 1. The lowest BCUT2D eigenvalue weighted by atomic mass is 10.2. The first-order valence-electron chi connectivity index (χ1n) is 10.8. The Morgan fingerprint density at radius 3 is 2.35 bits per heavy atom. The molecule has 0 aliphatic rings. The maximum absolute atomic E-state index is 12.9. The first-order valence-corrected chi connectivity index (χ1v) is 11.7. The molecule has 1 atom stereocenters. The molecule has 0 aliphatic heterocycles. The van der Waals surface area contributed by atoms with E-state index in [9.17, 15) is 4.79 Å². The molecule has 0 saturated carbocycles. The number of rotatable bonds is 8. The molecule has 4 aromatic rings. The zero-order chi connectivity index (χ0) is 24.1. The number of carbonyl (C=O) groups excluding carboxylic acids is 1. The summed E-state index contributed by atoms with van der Waals surface area (Å²) >= 11 is 1.35. The Bertz CT molecular complexity index is 1290. The van der Waals surface area contributed by atoms with Gasteiger partial charge >= 0.3 is 0 Å². The van der Waals surface area contributed by atoms with Gasteiger partial charge in [0, 0.05) is 16.9 Å². The molecular weight excluding hydrogens is 448 g/mol. The van der Waals surface area contributed by atoms with Crippen molar-refractivity contribution in [2.75, 3.05) is 19.5 Å². The molecule has 34 heavy (non-hydrogen) atoms. The van der Waals surface area contributed by atoms with Crippen LogP contribution in [0.5, 0.6) is 11.5 Å². The predicted molar refractivity (Wildman–Crippen MR) is 135 cm³/mol. The Balaban J connectivity index is 1.68. The highest BCUT2D eigenvalue weighted by Gasteiger charge is 2.23. The Morgan fingerprint density at radius 2 is 1.65 bits per heavy atom. The van der Waals surface area contributed by atoms with Gasteiger partial charge in [-0.15, -0.1) is 10.2 Å². The minimum Gasteiger partial charge on any atom is -0.493 e. The van der Waals surface area contributed by atoms with Crippen molar-refractivity contribution in [1.82, 2.24) is 14.8 Å². The molecule has 174 valence electrons. The van der Waals surface area contributed by atoms with E-state index in [1.165, 1.54) is 11.8 Å². The van der Waals surface area contributed by atoms with Gasteiger partial charge in [-0.2, -0.15) is 0 Å². The van der Waals surface area contributed by atoms with Crippen molar-refractivity contribution in [3.63, 3.8) is 0 Å². The SMILES string of the molecule is COc1ccc(-c2nnc(S[C@H](C)C(=O)Nc3ccccc3C)n2-c2ccccc2)cc1OC. The summed E-state index contributed by atoms with van der Waals surface area (Å²) in [6, 6.07) is 23.2. The molecule has 3 aromatic carbocycles. The Hall–Kier alpha value is -3.78. The number of methoxy groups -OCH3 is 2. The lowest BCUT2D eigenvalue weighted by Gasteiger charge is -2.15. The summed E-state index contributed by atoms with van der Waals surface area (Å²) in [5.74, 6) is 1.77. The molecule has 0 spiro atoms. The molecule has 4 rings (SSSR count). The van der Waals surface area contributed by atoms with Gasteiger partial charge in [-0.25, -0.2) is 0 Å². The van der Waals surface area contributed by atoms with Crippen LogP contribution in [0.2, 0.25) is 0 Å². The molecule has 1 N–H and O–H groups in total. The largest absolute Gasteiger partial charge is 0.493 e. The smallest absolute Gasteiger partial charge is 0.237 e. The summed E-state index contributed by atoms with van der Waals surface area (Å²) in [5, 5.41) is 12.1. The molecule has 8 heteroatoms. The number of ether oxygens (including phenoxy) is 2. The quantitative estimate of drug-likeness (QED) is 0.346. The molecule has 0 aliphatic carbocycles. The van der Waals surface area contributed by atoms with Crippen molar-refractivity contribution in [2.45, 2.75) is 24.3 Å². The number of carbonyl (C=O) groups is 1. The monoisotopic (exact) mass is 474 g/mol. The lowest BCUT2D eigenvalue weighted by Crippen LogP contribution is -2.23. The average Bonchev–Trinajstić information content (AvgIpc) is 3.28. The summed E-state index contributed by atoms with van der Waals surface area (Å²) in [7, 11) is 3.20. The zero-order valence-corrected chi connectivity index (χ0v) is 20.3. The van der Waals surface area contributed by atoms with Crippen molar-refractivity contribution in [3.8, 4) is 28.6 Å². The van der Waals surface area contributed by atoms with Crippen molar-refractivity contribution in [2.24, 2.45) is 0 Å². The summed E-state index contributed by atoms with van der Waals surface area (Å²) < 4.78 is 12.8. The Labute approximate surface area is 203 Å². The molecule has 0 radical (unpaired) electrons. The van der Waals surface area contributed by atoms with Crippen LogP contribution >= 0.6 is 11.8 Å². The zero-order valence-electron chi connectivity index (χ0n) is 19.5. The minimum atomic E-state index is -0.399. The maximum atomic E-state index is 12.9. The van der Waals surface area contributed by atoms with E-state index in [4.69, 9.17) is 9.47 Å². The Kier molecular flexibility index (Phi) is 7.18. The number of benzene rings is 3. The van der Waals surface area contributed by atoms with Crippen molar-refractivity contribution >= 4 is 23.4 Å². The normalized spacial score (nSPS) is 11.6. The van der Waals surface area contributed by atoms with Gasteiger partial charge in [0.15, 0.2) is 22.5 Å². The number of nitrogens with one attached hydrogen (secondary N) is 1. The van der Waals surface area contributed by atoms with Crippen LogP contribution in [0.3, 0.4) is 0 Å². The number of para-hydroxylation sites is 2. The molecular formula is C26H26N4O3S. The average molecular weight is 475 g/mol. The van der Waals surface area contributed by atoms with Crippen LogP contribution in [0.15, 0.2) is 78.0 Å². The number of hydrogen-bond acceptors (Lipinski definition) is 6. The molecule has 0 unspecified atom stereocenters. The number of nitrogens with zero attached hydrogens (tertiary/aromatic N) is 3. The van der Waals surface area contributed by atoms with Gasteiger partial charge in [0.05, 0.1) is 19.5 Å². The van der Waals surface area contributed by atoms with E-state index >= 15 is 0 Å². The summed E-state index contributed by atoms with van der Waals surface area (Å²) in [4.78, 5) is 12.9. The lowest BCUT2D eigenvalue weighted by molar-refractivity contribution is -0.115. The first-order chi connectivity index (χ1) is 16.5. The van der Waals surface area contributed by atoms with E-state index < -0.39 is 5.25 Å². The third kappa shape index (κ3) is 4.92. The van der Waals surface area contributed by atoms with Crippen molar-refractivity contribution < 1.29 is 14.3 Å². The van der Waals surface area contributed by atoms with Crippen LogP contribution in [0.1, 0.15) is 12.5 Å². The Morgan fingerprint density at radius 1 is 0.941 bits per heavy atom. The highest BCUT2D eigenvalue weighted by atomic mass is 32.2. The van der Waals surface area contributed by atoms with Gasteiger partial charge in [0.2, 0.25) is 5.91 Å². The summed E-state index contributed by atoms with van der Waals surface area (Å²) in [5.41, 5.74) is 3.52. The van der Waals surface area contributed by atoms with Gasteiger partial charge in [-0.3, -0.25) is 9.36 Å². The first kappa shape index (κ1) is 23.4. The molecule has 0 bridgehead atoms. The second-order valence-corrected chi connectivity index (χ2v) is 8.92. The highest BCUT2D eigenvalue weighted by molar-refractivity contribution is 8.00. The fourth-order valence-corrected chi connectivity index (χ4v) is 4.34. The van der Waals surface area contributed by atoms with Gasteiger partial charge in [-0.05, 0) is 55.8 Å². The molecule has 7 nitrogen and oxygen atoms in total. The summed E-state index contributed by atoms with van der Waals surface area (Å²) in [6.07, 6.45) is 0. The topological polar surface area (TPSA) is 78.3 Å². The van der Waals surface area contributed by atoms with Crippen LogP contribution in [0, 0.1) is 6.92 Å². The van der Waals surface area contributed by atoms with E-state index in [2.05, 4.69) is 15.5 Å². The van der Waals surface area contributed by atoms with Gasteiger partial charge in [0.1, 0.15) is 0 Å². The number of amides is 1. The van der Waals surface area contributed by atoms with Crippen LogP contribution in [-0.2, 0) is 4.79 Å². The fourth-order valence-electron chi connectivity index (χ4n) is 3.48. The van der Waals surface area contributed by atoms with E-state index in [0.717, 1.165) is 22.5 Å². The number of aromatic nitrogens is 3. The van der Waals surface area contributed by atoms with Crippen LogP contribution in [0.4, 0.5) is 5.69 Å². The van der Waals surface area contributed by atoms with Crippen LogP contribution in [-0.4, -0.2) is 40.1 Å². The van der Waals surface area contributed by atoms with Gasteiger partial charge in [-0.1, -0.05) is 48.2 Å². The van der Waals surface area contributed by atoms with E-state index in [1.807, 2.05) is 91.2 Å². The second-order valence-electron chi connectivity index (χ2n) is 7.61. The highest BCUT2D eigenvalue weighted by Crippen LogP contribution is 2.35. The molecule has 1 aromatic heterocycles. The third-order valence-electron chi connectivity index (χ3n) is 5.34.